The highest BCUT2D eigenvalue weighted by atomic mass is 127. The average Bonchev–Trinajstić information content (AvgIpc) is 2.76. The van der Waals surface area contributed by atoms with E-state index in [9.17, 15) is 0 Å². The summed E-state index contributed by atoms with van der Waals surface area (Å²) >= 11 is 2.24. The van der Waals surface area contributed by atoms with E-state index in [4.69, 9.17) is 5.73 Å². The van der Waals surface area contributed by atoms with Gasteiger partial charge >= 0.3 is 0 Å². The summed E-state index contributed by atoms with van der Waals surface area (Å²) in [6.07, 6.45) is 1.70. The Labute approximate surface area is 111 Å². The number of nitrogens with two attached hydrogens (primary N) is 1. The summed E-state index contributed by atoms with van der Waals surface area (Å²) in [5.74, 6) is 0.664. The van der Waals surface area contributed by atoms with E-state index < -0.39 is 0 Å². The molecule has 2 heterocycles. The van der Waals surface area contributed by atoms with Crippen LogP contribution in [0.5, 0.6) is 0 Å². The minimum absolute atomic E-state index is 0.664. The molecule has 0 atom stereocenters. The Hall–Kier alpha value is -1.70. The Bertz CT molecular complexity index is 691. The smallest absolute Gasteiger partial charge is 0.187 e. The van der Waals surface area contributed by atoms with Crippen molar-refractivity contribution in [3.05, 3.63) is 40.1 Å². The molecule has 0 aliphatic rings. The number of hydrogen-bond acceptors (Lipinski definition) is 4. The molecule has 0 unspecified atom stereocenters. The lowest BCUT2D eigenvalue weighted by Crippen LogP contribution is -1.97. The predicted octanol–water partition coefficient (Wildman–Crippen LogP) is 1.98. The van der Waals surface area contributed by atoms with Crippen LogP contribution >= 0.6 is 22.6 Å². The van der Waals surface area contributed by atoms with Crippen LogP contribution in [0.1, 0.15) is 0 Å². The Morgan fingerprint density at radius 3 is 2.94 bits per heavy atom. The summed E-state index contributed by atoms with van der Waals surface area (Å²) in [5.41, 5.74) is 8.19. The molecule has 1 aromatic carbocycles. The number of nitrogens with zero attached hydrogens (tertiary/aromatic N) is 4. The van der Waals surface area contributed by atoms with Gasteiger partial charge in [-0.1, -0.05) is 0 Å². The Balaban J connectivity index is 2.31. The van der Waals surface area contributed by atoms with Crippen LogP contribution in [0.2, 0.25) is 0 Å². The van der Waals surface area contributed by atoms with E-state index in [1.807, 2.05) is 30.3 Å². The molecule has 84 valence electrons. The molecule has 0 aliphatic heterocycles. The number of hydrogen-bond donors (Lipinski definition) is 1. The van der Waals surface area contributed by atoms with E-state index in [0.717, 1.165) is 9.13 Å². The number of anilines is 1. The molecule has 0 spiro atoms. The first-order chi connectivity index (χ1) is 8.25. The fourth-order valence-electron chi connectivity index (χ4n) is 1.63. The summed E-state index contributed by atoms with van der Waals surface area (Å²) < 4.78 is 2.78. The Kier molecular flexibility index (Phi) is 2.43. The maximum Gasteiger partial charge on any atom is 0.187 e. The van der Waals surface area contributed by atoms with E-state index >= 15 is 0 Å². The van der Waals surface area contributed by atoms with Crippen LogP contribution in [0, 0.1) is 3.57 Å². The molecule has 0 saturated carbocycles. The minimum Gasteiger partial charge on any atom is -0.398 e. The monoisotopic (exact) mass is 337 g/mol. The number of aromatic nitrogens is 4. The van der Waals surface area contributed by atoms with E-state index in [1.165, 1.54) is 0 Å². The third-order valence-corrected chi connectivity index (χ3v) is 3.11. The fourth-order valence-corrected chi connectivity index (χ4v) is 2.13. The number of benzene rings is 1. The molecule has 0 amide bonds. The second-order valence-corrected chi connectivity index (χ2v) is 4.79. The lowest BCUT2D eigenvalue weighted by molar-refractivity contribution is 0.936. The van der Waals surface area contributed by atoms with Crippen molar-refractivity contribution in [1.82, 2.24) is 19.8 Å². The van der Waals surface area contributed by atoms with Crippen LogP contribution in [0.4, 0.5) is 5.69 Å². The van der Waals surface area contributed by atoms with Gasteiger partial charge in [0, 0.05) is 21.0 Å². The number of halogens is 1. The molecule has 0 fully saturated rings. The third kappa shape index (κ3) is 1.74. The van der Waals surface area contributed by atoms with E-state index in [-0.39, 0.29) is 0 Å². The van der Waals surface area contributed by atoms with Gasteiger partial charge in [-0.15, -0.1) is 10.2 Å². The SMILES string of the molecule is Nc1ccc(I)cc1-c1nnc2cccnn12. The molecule has 3 rings (SSSR count). The van der Waals surface area contributed by atoms with Crippen molar-refractivity contribution >= 4 is 33.9 Å². The molecule has 3 aromatic rings. The van der Waals surface area contributed by atoms with Crippen molar-refractivity contribution in [2.45, 2.75) is 0 Å². The topological polar surface area (TPSA) is 69.1 Å². The highest BCUT2D eigenvalue weighted by Crippen LogP contribution is 2.25. The number of nitrogen functional groups attached to an aromatic ring is 1. The summed E-state index contributed by atoms with van der Waals surface area (Å²) in [6, 6.07) is 9.47. The molecule has 0 radical (unpaired) electrons. The first-order valence-electron chi connectivity index (χ1n) is 4.97. The summed E-state index contributed by atoms with van der Waals surface area (Å²) in [5, 5.41) is 12.4. The standard InChI is InChI=1S/C11H8IN5/c12-7-3-4-9(13)8(6-7)11-16-15-10-2-1-5-14-17(10)11/h1-6H,13H2. The van der Waals surface area contributed by atoms with Gasteiger partial charge in [-0.05, 0) is 52.9 Å². The largest absolute Gasteiger partial charge is 0.398 e. The van der Waals surface area contributed by atoms with Crippen LogP contribution in [-0.4, -0.2) is 19.8 Å². The maximum atomic E-state index is 5.96. The summed E-state index contributed by atoms with van der Waals surface area (Å²) in [6.45, 7) is 0. The van der Waals surface area contributed by atoms with Crippen LogP contribution in [0.25, 0.3) is 17.0 Å². The van der Waals surface area contributed by atoms with Gasteiger partial charge in [0.05, 0.1) is 0 Å². The first-order valence-corrected chi connectivity index (χ1v) is 6.05. The van der Waals surface area contributed by atoms with E-state index in [1.54, 1.807) is 10.7 Å². The van der Waals surface area contributed by atoms with Gasteiger partial charge in [0.2, 0.25) is 0 Å². The Morgan fingerprint density at radius 2 is 2.06 bits per heavy atom. The van der Waals surface area contributed by atoms with Crippen LogP contribution in [0.3, 0.4) is 0 Å². The zero-order valence-corrected chi connectivity index (χ0v) is 10.9. The number of fused-ring (bicyclic) bond motifs is 1. The zero-order chi connectivity index (χ0) is 11.8. The van der Waals surface area contributed by atoms with Gasteiger partial charge < -0.3 is 5.73 Å². The maximum absolute atomic E-state index is 5.96. The fraction of sp³-hybridized carbons (Fsp3) is 0. The quantitative estimate of drug-likeness (QED) is 0.545. The van der Waals surface area contributed by atoms with Crippen molar-refractivity contribution in [1.29, 1.82) is 0 Å². The second kappa shape index (κ2) is 3.95. The zero-order valence-electron chi connectivity index (χ0n) is 8.71. The molecule has 0 saturated heterocycles. The van der Waals surface area contributed by atoms with Gasteiger partial charge in [0.15, 0.2) is 11.5 Å². The van der Waals surface area contributed by atoms with Gasteiger partial charge in [0.25, 0.3) is 0 Å². The Morgan fingerprint density at radius 1 is 1.18 bits per heavy atom. The minimum atomic E-state index is 0.664. The van der Waals surface area contributed by atoms with Crippen molar-refractivity contribution < 1.29 is 0 Å². The number of rotatable bonds is 1. The average molecular weight is 337 g/mol. The van der Waals surface area contributed by atoms with Crippen molar-refractivity contribution in [3.8, 4) is 11.4 Å². The second-order valence-electron chi connectivity index (χ2n) is 3.55. The summed E-state index contributed by atoms with van der Waals surface area (Å²) in [4.78, 5) is 0. The van der Waals surface area contributed by atoms with Crippen LogP contribution in [0.15, 0.2) is 36.5 Å². The van der Waals surface area contributed by atoms with Gasteiger partial charge in [-0.3, -0.25) is 0 Å². The molecule has 6 heteroatoms. The van der Waals surface area contributed by atoms with E-state index in [2.05, 4.69) is 37.9 Å². The normalized spacial score (nSPS) is 10.9. The van der Waals surface area contributed by atoms with Gasteiger partial charge in [-0.2, -0.15) is 9.61 Å². The van der Waals surface area contributed by atoms with Crippen molar-refractivity contribution in [2.75, 3.05) is 5.73 Å². The molecule has 2 N–H and O–H groups in total. The molecule has 5 nitrogen and oxygen atoms in total. The van der Waals surface area contributed by atoms with Crippen LogP contribution < -0.4 is 5.73 Å². The van der Waals surface area contributed by atoms with E-state index in [0.29, 0.717) is 17.2 Å². The lowest BCUT2D eigenvalue weighted by Gasteiger charge is -2.03. The lowest BCUT2D eigenvalue weighted by atomic mass is 10.2. The third-order valence-electron chi connectivity index (χ3n) is 2.43. The van der Waals surface area contributed by atoms with Crippen molar-refractivity contribution in [3.63, 3.8) is 0 Å². The molecule has 2 aromatic heterocycles. The summed E-state index contributed by atoms with van der Waals surface area (Å²) in [7, 11) is 0. The highest BCUT2D eigenvalue weighted by Gasteiger charge is 2.11. The molecule has 17 heavy (non-hydrogen) atoms. The molecule has 0 aliphatic carbocycles. The molecular formula is C11H8IN5. The molecule has 0 bridgehead atoms. The predicted molar refractivity (Wildman–Crippen MR) is 73.3 cm³/mol. The van der Waals surface area contributed by atoms with Crippen molar-refractivity contribution in [2.24, 2.45) is 0 Å². The molecular weight excluding hydrogens is 329 g/mol. The van der Waals surface area contributed by atoms with Gasteiger partial charge in [-0.25, -0.2) is 0 Å². The highest BCUT2D eigenvalue weighted by molar-refractivity contribution is 14.1. The van der Waals surface area contributed by atoms with Crippen LogP contribution in [-0.2, 0) is 0 Å². The van der Waals surface area contributed by atoms with Gasteiger partial charge in [0.1, 0.15) is 0 Å². The first kappa shape index (κ1) is 10.5.